The van der Waals surface area contributed by atoms with Crippen LogP contribution in [0.15, 0.2) is 46.0 Å². The van der Waals surface area contributed by atoms with Crippen molar-refractivity contribution in [1.29, 1.82) is 5.41 Å². The molecule has 2 aliphatic rings. The number of benzene rings is 1. The Balaban J connectivity index is 1.73. The van der Waals surface area contributed by atoms with Gasteiger partial charge in [-0.2, -0.15) is 15.1 Å². The number of hydrazone groups is 1. The van der Waals surface area contributed by atoms with E-state index in [0.717, 1.165) is 34.8 Å². The van der Waals surface area contributed by atoms with Crippen LogP contribution in [-0.2, 0) is 4.79 Å². The number of carbonyl (C=O) groups is 1. The normalized spacial score (nSPS) is 17.7. The molecule has 3 heterocycles. The molecule has 1 aromatic carbocycles. The maximum absolute atomic E-state index is 13.7. The summed E-state index contributed by atoms with van der Waals surface area (Å²) in [4.78, 5) is 16.7. The maximum atomic E-state index is 13.7. The SMILES string of the molecule is CCCC1=NN2C(=N)/C(=C\c3cc(C)n(-c4cccc(F)c4)c3C)C(=O)N=C2S1. The monoisotopic (exact) mass is 409 g/mol. The Morgan fingerprint density at radius 3 is 2.79 bits per heavy atom. The minimum atomic E-state index is -0.447. The van der Waals surface area contributed by atoms with Crippen molar-refractivity contribution in [3.63, 3.8) is 0 Å². The molecule has 6 nitrogen and oxygen atoms in total. The number of aryl methyl sites for hydroxylation is 1. The Hall–Kier alpha value is -3.00. The lowest BCUT2D eigenvalue weighted by Crippen LogP contribution is -2.35. The molecule has 148 valence electrons. The fourth-order valence-corrected chi connectivity index (χ4v) is 4.43. The number of fused-ring (bicyclic) bond motifs is 1. The molecule has 8 heteroatoms. The van der Waals surface area contributed by atoms with Gasteiger partial charge in [0.05, 0.1) is 5.57 Å². The first-order chi connectivity index (χ1) is 13.9. The summed E-state index contributed by atoms with van der Waals surface area (Å²) in [5, 5.41) is 15.6. The number of halogens is 1. The van der Waals surface area contributed by atoms with Crippen molar-refractivity contribution in [2.45, 2.75) is 33.6 Å². The van der Waals surface area contributed by atoms with Crippen LogP contribution in [0.25, 0.3) is 11.8 Å². The van der Waals surface area contributed by atoms with E-state index >= 15 is 0 Å². The first-order valence-electron chi connectivity index (χ1n) is 9.33. The summed E-state index contributed by atoms with van der Waals surface area (Å²) in [5.41, 5.74) is 3.43. The Morgan fingerprint density at radius 2 is 2.07 bits per heavy atom. The van der Waals surface area contributed by atoms with Crippen LogP contribution in [0, 0.1) is 25.1 Å². The number of hydrogen-bond donors (Lipinski definition) is 1. The minimum Gasteiger partial charge on any atom is -0.318 e. The lowest BCUT2D eigenvalue weighted by atomic mass is 10.1. The molecule has 0 atom stereocenters. The van der Waals surface area contributed by atoms with Crippen LogP contribution in [0.1, 0.15) is 36.7 Å². The highest BCUT2D eigenvalue weighted by atomic mass is 32.2. The van der Waals surface area contributed by atoms with Gasteiger partial charge in [-0.3, -0.25) is 10.2 Å². The molecular formula is C21H20FN5OS. The first kappa shape index (κ1) is 19.3. The number of aromatic nitrogens is 1. The third kappa shape index (κ3) is 3.44. The summed E-state index contributed by atoms with van der Waals surface area (Å²) in [7, 11) is 0. The number of nitrogens with zero attached hydrogens (tertiary/aromatic N) is 4. The number of thioether (sulfide) groups is 1. The van der Waals surface area contributed by atoms with Gasteiger partial charge in [0.25, 0.3) is 5.91 Å². The van der Waals surface area contributed by atoms with Crippen LogP contribution in [0.3, 0.4) is 0 Å². The maximum Gasteiger partial charge on any atom is 0.283 e. The van der Waals surface area contributed by atoms with Gasteiger partial charge < -0.3 is 4.57 Å². The van der Waals surface area contributed by atoms with E-state index in [2.05, 4.69) is 17.0 Å². The van der Waals surface area contributed by atoms with Gasteiger partial charge in [-0.25, -0.2) is 4.39 Å². The number of nitrogens with one attached hydrogen (secondary N) is 1. The first-order valence-corrected chi connectivity index (χ1v) is 10.1. The van der Waals surface area contributed by atoms with Gasteiger partial charge in [0, 0.05) is 17.1 Å². The summed E-state index contributed by atoms with van der Waals surface area (Å²) in [6, 6.07) is 8.27. The summed E-state index contributed by atoms with van der Waals surface area (Å²) < 4.78 is 15.6. The smallest absolute Gasteiger partial charge is 0.283 e. The summed E-state index contributed by atoms with van der Waals surface area (Å²) in [5.74, 6) is -0.736. The highest BCUT2D eigenvalue weighted by molar-refractivity contribution is 8.26. The molecule has 1 N–H and O–H groups in total. The molecule has 0 spiro atoms. The third-order valence-corrected chi connectivity index (χ3v) is 5.76. The quantitative estimate of drug-likeness (QED) is 0.747. The topological polar surface area (TPSA) is 73.8 Å². The molecule has 29 heavy (non-hydrogen) atoms. The molecule has 0 fully saturated rings. The van der Waals surface area contributed by atoms with Crippen molar-refractivity contribution < 1.29 is 9.18 Å². The second-order valence-electron chi connectivity index (χ2n) is 6.91. The minimum absolute atomic E-state index is 0.0224. The Labute approximate surface area is 172 Å². The number of amides is 1. The lowest BCUT2D eigenvalue weighted by molar-refractivity contribution is -0.114. The lowest BCUT2D eigenvalue weighted by Gasteiger charge is -2.20. The zero-order valence-electron chi connectivity index (χ0n) is 16.4. The highest BCUT2D eigenvalue weighted by Crippen LogP contribution is 2.31. The number of amidine groups is 2. The van der Waals surface area contributed by atoms with E-state index in [4.69, 9.17) is 5.41 Å². The predicted molar refractivity (Wildman–Crippen MR) is 115 cm³/mol. The number of hydrogen-bond acceptors (Lipinski definition) is 4. The second kappa shape index (κ2) is 7.44. The van der Waals surface area contributed by atoms with E-state index in [1.807, 2.05) is 30.5 Å². The van der Waals surface area contributed by atoms with E-state index in [1.54, 1.807) is 12.1 Å². The van der Waals surface area contributed by atoms with Crippen LogP contribution in [-0.4, -0.2) is 31.5 Å². The van der Waals surface area contributed by atoms with Gasteiger partial charge in [0.15, 0.2) is 5.84 Å². The average Bonchev–Trinajstić information content (AvgIpc) is 3.19. The largest absolute Gasteiger partial charge is 0.318 e. The summed E-state index contributed by atoms with van der Waals surface area (Å²) >= 11 is 1.34. The second-order valence-corrected chi connectivity index (χ2v) is 7.95. The van der Waals surface area contributed by atoms with Gasteiger partial charge in [-0.15, -0.1) is 0 Å². The summed E-state index contributed by atoms with van der Waals surface area (Å²) in [6.07, 6.45) is 3.39. The molecule has 0 aliphatic carbocycles. The number of carbonyl (C=O) groups excluding carboxylic acids is 1. The highest BCUT2D eigenvalue weighted by Gasteiger charge is 2.35. The molecule has 0 radical (unpaired) electrons. The van der Waals surface area contributed by atoms with Gasteiger partial charge in [-0.1, -0.05) is 13.0 Å². The molecule has 2 aromatic rings. The predicted octanol–water partition coefficient (Wildman–Crippen LogP) is 4.65. The van der Waals surface area contributed by atoms with Crippen LogP contribution >= 0.6 is 11.8 Å². The molecule has 0 unspecified atom stereocenters. The number of rotatable bonds is 4. The van der Waals surface area contributed by atoms with Crippen LogP contribution in [0.5, 0.6) is 0 Å². The average molecular weight is 409 g/mol. The zero-order chi connectivity index (χ0) is 20.7. The van der Waals surface area contributed by atoms with E-state index in [0.29, 0.717) is 10.9 Å². The van der Waals surface area contributed by atoms with Crippen LogP contribution in [0.4, 0.5) is 4.39 Å². The van der Waals surface area contributed by atoms with Gasteiger partial charge in [-0.05, 0) is 74.4 Å². The van der Waals surface area contributed by atoms with E-state index < -0.39 is 5.91 Å². The van der Waals surface area contributed by atoms with Crippen molar-refractivity contribution in [2.75, 3.05) is 0 Å². The van der Waals surface area contributed by atoms with Crippen molar-refractivity contribution in [1.82, 2.24) is 9.58 Å². The molecular weight excluding hydrogens is 389 g/mol. The van der Waals surface area contributed by atoms with Crippen LogP contribution < -0.4 is 0 Å². The van der Waals surface area contributed by atoms with Crippen molar-refractivity contribution in [3.05, 3.63) is 58.7 Å². The Bertz CT molecular complexity index is 1130. The van der Waals surface area contributed by atoms with Crippen molar-refractivity contribution in [2.24, 2.45) is 10.1 Å². The molecule has 0 saturated carbocycles. The van der Waals surface area contributed by atoms with E-state index in [1.165, 1.54) is 28.9 Å². The molecule has 1 aromatic heterocycles. The molecule has 1 amide bonds. The van der Waals surface area contributed by atoms with Gasteiger partial charge in [0.2, 0.25) is 5.17 Å². The van der Waals surface area contributed by atoms with Crippen molar-refractivity contribution >= 4 is 39.8 Å². The Morgan fingerprint density at radius 1 is 1.28 bits per heavy atom. The standard InChI is InChI=1S/C21H20FN5OS/c1-4-6-18-25-27-19(23)17(20(28)24-21(27)29-18)10-14-9-12(2)26(13(14)3)16-8-5-7-15(22)11-16/h5,7-11,23H,4,6H2,1-3H3/b17-10+,23-19?. The third-order valence-electron chi connectivity index (χ3n) is 4.80. The molecule has 0 saturated heterocycles. The summed E-state index contributed by atoms with van der Waals surface area (Å²) in [6.45, 7) is 5.88. The fourth-order valence-electron chi connectivity index (χ4n) is 3.45. The fraction of sp³-hybridized carbons (Fsp3) is 0.238. The van der Waals surface area contributed by atoms with Gasteiger partial charge >= 0.3 is 0 Å². The van der Waals surface area contributed by atoms with E-state index in [9.17, 15) is 9.18 Å². The van der Waals surface area contributed by atoms with E-state index in [-0.39, 0.29) is 17.2 Å². The molecule has 4 rings (SSSR count). The van der Waals surface area contributed by atoms with Gasteiger partial charge in [0.1, 0.15) is 10.9 Å². The molecule has 0 bridgehead atoms. The zero-order valence-corrected chi connectivity index (χ0v) is 17.2. The number of aliphatic imine (C=N–C) groups is 1. The molecule has 2 aliphatic heterocycles. The Kier molecular flexibility index (Phi) is 4.96. The van der Waals surface area contributed by atoms with Crippen molar-refractivity contribution in [3.8, 4) is 5.69 Å². The van der Waals surface area contributed by atoms with Crippen LogP contribution in [0.2, 0.25) is 0 Å².